The van der Waals surface area contributed by atoms with E-state index in [1.54, 1.807) is 0 Å². The highest BCUT2D eigenvalue weighted by molar-refractivity contribution is 5.76. The highest BCUT2D eigenvalue weighted by atomic mass is 16.3. The number of hydrogen-bond donors (Lipinski definition) is 2. The van der Waals surface area contributed by atoms with Crippen LogP contribution in [0.15, 0.2) is 18.3 Å². The van der Waals surface area contributed by atoms with Crippen molar-refractivity contribution in [3.8, 4) is 0 Å². The van der Waals surface area contributed by atoms with Gasteiger partial charge in [-0.15, -0.1) is 0 Å². The van der Waals surface area contributed by atoms with Crippen LogP contribution in [0.1, 0.15) is 38.7 Å². The molecule has 1 aromatic rings. The van der Waals surface area contributed by atoms with E-state index in [1.165, 1.54) is 0 Å². The van der Waals surface area contributed by atoms with Gasteiger partial charge in [0.05, 0.1) is 12.5 Å². The molecule has 1 amide bonds. The Labute approximate surface area is 132 Å². The molecule has 2 N–H and O–H groups in total. The van der Waals surface area contributed by atoms with E-state index in [-0.39, 0.29) is 24.3 Å². The van der Waals surface area contributed by atoms with Gasteiger partial charge in [-0.3, -0.25) is 4.79 Å². The van der Waals surface area contributed by atoms with Crippen molar-refractivity contribution in [2.75, 3.05) is 18.0 Å². The Balaban J connectivity index is 1.77. The number of aromatic nitrogens is 1. The number of rotatable bonds is 5. The van der Waals surface area contributed by atoms with Crippen LogP contribution in [0.3, 0.4) is 0 Å². The number of anilines is 1. The van der Waals surface area contributed by atoms with Gasteiger partial charge in [0, 0.05) is 25.3 Å². The second-order valence-corrected chi connectivity index (χ2v) is 6.54. The van der Waals surface area contributed by atoms with E-state index < -0.39 is 6.10 Å². The molecule has 2 rings (SSSR count). The first-order chi connectivity index (χ1) is 10.5. The molecule has 1 aromatic heterocycles. The highest BCUT2D eigenvalue weighted by Crippen LogP contribution is 2.18. The third kappa shape index (κ3) is 4.70. The molecule has 1 aliphatic heterocycles. The zero-order chi connectivity index (χ0) is 16.1. The fourth-order valence-electron chi connectivity index (χ4n) is 2.61. The number of piperidine rings is 1. The Hall–Kier alpha value is -1.62. The molecule has 1 fully saturated rings. The SMILES string of the molecule is Cc1ccc(N2CCC(NC(=O)CC(O)C(C)C)CC2)nc1. The van der Waals surface area contributed by atoms with Gasteiger partial charge in [0.1, 0.15) is 5.82 Å². The van der Waals surface area contributed by atoms with Gasteiger partial charge in [0.2, 0.25) is 5.91 Å². The minimum atomic E-state index is -0.558. The summed E-state index contributed by atoms with van der Waals surface area (Å²) < 4.78 is 0. The zero-order valence-electron chi connectivity index (χ0n) is 13.7. The van der Waals surface area contributed by atoms with Crippen LogP contribution in [0.5, 0.6) is 0 Å². The third-order valence-electron chi connectivity index (χ3n) is 4.24. The van der Waals surface area contributed by atoms with E-state index in [4.69, 9.17) is 0 Å². The lowest BCUT2D eigenvalue weighted by Crippen LogP contribution is -2.45. The molecule has 0 radical (unpaired) electrons. The fourth-order valence-corrected chi connectivity index (χ4v) is 2.61. The number of carbonyl (C=O) groups is 1. The van der Waals surface area contributed by atoms with Crippen molar-refractivity contribution < 1.29 is 9.90 Å². The standard InChI is InChI=1S/C17H27N3O2/c1-12(2)15(21)10-17(22)19-14-6-8-20(9-7-14)16-5-4-13(3)11-18-16/h4-5,11-12,14-15,21H,6-10H2,1-3H3,(H,19,22). The number of carbonyl (C=O) groups excluding carboxylic acids is 1. The topological polar surface area (TPSA) is 65.5 Å². The third-order valence-corrected chi connectivity index (χ3v) is 4.24. The van der Waals surface area contributed by atoms with E-state index >= 15 is 0 Å². The molecule has 0 bridgehead atoms. The first-order valence-corrected chi connectivity index (χ1v) is 8.10. The molecule has 22 heavy (non-hydrogen) atoms. The number of amides is 1. The molecule has 0 saturated carbocycles. The average Bonchev–Trinajstić information content (AvgIpc) is 2.48. The van der Waals surface area contributed by atoms with Gasteiger partial charge in [-0.05, 0) is 37.3 Å². The highest BCUT2D eigenvalue weighted by Gasteiger charge is 2.22. The average molecular weight is 305 g/mol. The summed E-state index contributed by atoms with van der Waals surface area (Å²) in [6.07, 6.45) is 3.35. The summed E-state index contributed by atoms with van der Waals surface area (Å²) in [6.45, 7) is 7.67. The first kappa shape index (κ1) is 16.7. The molecule has 0 aromatic carbocycles. The van der Waals surface area contributed by atoms with Crippen molar-refractivity contribution in [3.63, 3.8) is 0 Å². The van der Waals surface area contributed by atoms with Gasteiger partial charge in [-0.25, -0.2) is 4.98 Å². The number of hydrogen-bond acceptors (Lipinski definition) is 4. The maximum atomic E-state index is 11.9. The predicted octanol–water partition coefficient (Wildman–Crippen LogP) is 1.88. The summed E-state index contributed by atoms with van der Waals surface area (Å²) in [7, 11) is 0. The summed E-state index contributed by atoms with van der Waals surface area (Å²) >= 11 is 0. The van der Waals surface area contributed by atoms with E-state index in [0.29, 0.717) is 0 Å². The van der Waals surface area contributed by atoms with Crippen LogP contribution in [-0.2, 0) is 4.79 Å². The van der Waals surface area contributed by atoms with Crippen LogP contribution in [0.2, 0.25) is 0 Å². The molecular formula is C17H27N3O2. The van der Waals surface area contributed by atoms with Gasteiger partial charge in [-0.2, -0.15) is 0 Å². The number of nitrogens with zero attached hydrogens (tertiary/aromatic N) is 2. The largest absolute Gasteiger partial charge is 0.392 e. The van der Waals surface area contributed by atoms with Crippen molar-refractivity contribution >= 4 is 11.7 Å². The van der Waals surface area contributed by atoms with Crippen LogP contribution in [-0.4, -0.2) is 41.2 Å². The second kappa shape index (κ2) is 7.58. The fraction of sp³-hybridized carbons (Fsp3) is 0.647. The number of nitrogens with one attached hydrogen (secondary N) is 1. The molecule has 2 heterocycles. The van der Waals surface area contributed by atoms with Gasteiger partial charge in [-0.1, -0.05) is 19.9 Å². The van der Waals surface area contributed by atoms with Crippen molar-refractivity contribution in [1.82, 2.24) is 10.3 Å². The number of aryl methyl sites for hydroxylation is 1. The van der Waals surface area contributed by atoms with E-state index in [9.17, 15) is 9.90 Å². The Kier molecular flexibility index (Phi) is 5.77. The van der Waals surface area contributed by atoms with Crippen molar-refractivity contribution in [2.45, 2.75) is 52.2 Å². The Bertz CT molecular complexity index is 479. The predicted molar refractivity (Wildman–Crippen MR) is 87.8 cm³/mol. The first-order valence-electron chi connectivity index (χ1n) is 8.10. The lowest BCUT2D eigenvalue weighted by molar-refractivity contribution is -0.124. The van der Waals surface area contributed by atoms with E-state index in [1.807, 2.05) is 33.0 Å². The van der Waals surface area contributed by atoms with Crippen LogP contribution in [0.25, 0.3) is 0 Å². The Morgan fingerprint density at radius 2 is 2.09 bits per heavy atom. The molecule has 1 unspecified atom stereocenters. The van der Waals surface area contributed by atoms with Crippen LogP contribution >= 0.6 is 0 Å². The molecule has 0 spiro atoms. The van der Waals surface area contributed by atoms with Crippen LogP contribution in [0.4, 0.5) is 5.82 Å². The van der Waals surface area contributed by atoms with Crippen LogP contribution in [0, 0.1) is 12.8 Å². The van der Waals surface area contributed by atoms with Gasteiger partial charge in [0.15, 0.2) is 0 Å². The smallest absolute Gasteiger partial charge is 0.222 e. The zero-order valence-corrected chi connectivity index (χ0v) is 13.7. The minimum Gasteiger partial charge on any atom is -0.392 e. The maximum absolute atomic E-state index is 11.9. The summed E-state index contributed by atoms with van der Waals surface area (Å²) in [5.41, 5.74) is 1.16. The monoisotopic (exact) mass is 305 g/mol. The Morgan fingerprint density at radius 1 is 1.41 bits per heavy atom. The van der Waals surface area contributed by atoms with Crippen LogP contribution < -0.4 is 10.2 Å². The summed E-state index contributed by atoms with van der Waals surface area (Å²) in [4.78, 5) is 18.6. The molecule has 1 atom stereocenters. The van der Waals surface area contributed by atoms with Crippen molar-refractivity contribution in [1.29, 1.82) is 0 Å². The summed E-state index contributed by atoms with van der Waals surface area (Å²) in [5.74, 6) is 1.07. The molecule has 122 valence electrons. The number of aliphatic hydroxyl groups excluding tert-OH is 1. The molecule has 5 nitrogen and oxygen atoms in total. The lowest BCUT2D eigenvalue weighted by atomic mass is 10.0. The number of aliphatic hydroxyl groups is 1. The van der Waals surface area contributed by atoms with E-state index in [0.717, 1.165) is 37.3 Å². The molecular weight excluding hydrogens is 278 g/mol. The lowest BCUT2D eigenvalue weighted by Gasteiger charge is -2.33. The maximum Gasteiger partial charge on any atom is 0.222 e. The molecule has 0 aliphatic carbocycles. The van der Waals surface area contributed by atoms with Crippen molar-refractivity contribution in [2.24, 2.45) is 5.92 Å². The number of pyridine rings is 1. The summed E-state index contributed by atoms with van der Waals surface area (Å²) in [6, 6.07) is 4.32. The second-order valence-electron chi connectivity index (χ2n) is 6.54. The quantitative estimate of drug-likeness (QED) is 0.872. The van der Waals surface area contributed by atoms with Gasteiger partial charge < -0.3 is 15.3 Å². The molecule has 1 aliphatic rings. The minimum absolute atomic E-state index is 0.0480. The normalized spacial score (nSPS) is 17.6. The van der Waals surface area contributed by atoms with E-state index in [2.05, 4.69) is 21.3 Å². The van der Waals surface area contributed by atoms with Gasteiger partial charge >= 0.3 is 0 Å². The van der Waals surface area contributed by atoms with Gasteiger partial charge in [0.25, 0.3) is 0 Å². The molecule has 1 saturated heterocycles. The summed E-state index contributed by atoms with van der Waals surface area (Å²) in [5, 5.41) is 12.8. The molecule has 5 heteroatoms. The van der Waals surface area contributed by atoms with Crippen molar-refractivity contribution in [3.05, 3.63) is 23.9 Å². The Morgan fingerprint density at radius 3 is 2.64 bits per heavy atom.